The minimum absolute atomic E-state index is 0.124. The van der Waals surface area contributed by atoms with Crippen molar-refractivity contribution in [2.24, 2.45) is 11.8 Å². The fourth-order valence-electron chi connectivity index (χ4n) is 2.20. The predicted octanol–water partition coefficient (Wildman–Crippen LogP) is 4.87. The fraction of sp³-hybridized carbons (Fsp3) is 0.750. The first kappa shape index (κ1) is 12.1. The van der Waals surface area contributed by atoms with Crippen LogP contribution in [0.2, 0.25) is 0 Å². The summed E-state index contributed by atoms with van der Waals surface area (Å²) in [4.78, 5) is -0.928. The first-order chi connectivity index (χ1) is 6.37. The van der Waals surface area contributed by atoms with Gasteiger partial charge in [0, 0.05) is 16.3 Å². The number of hydrogen-bond acceptors (Lipinski definition) is 0. The molecule has 0 aliphatic heterocycles. The normalized spacial score (nSPS) is 45.0. The molecule has 0 radical (unpaired) electrons. The van der Waals surface area contributed by atoms with Crippen molar-refractivity contribution in [1.82, 2.24) is 0 Å². The molecule has 14 heavy (non-hydrogen) atoms. The number of allylic oxidation sites excluding steroid dienone is 2. The molecule has 3 unspecified atom stereocenters. The monoisotopic (exact) mass is 356 g/mol. The number of alkyl halides is 4. The molecule has 80 valence electrons. The summed E-state index contributed by atoms with van der Waals surface area (Å²) in [6.45, 7) is 0. The minimum Gasteiger partial charge on any atom is -0.109 e. The molecule has 0 aromatic heterocycles. The summed E-state index contributed by atoms with van der Waals surface area (Å²) in [7, 11) is 0. The van der Waals surface area contributed by atoms with Crippen LogP contribution in [0.3, 0.4) is 0 Å². The highest BCUT2D eigenvalue weighted by Crippen LogP contribution is 2.70. The third kappa shape index (κ3) is 1.21. The summed E-state index contributed by atoms with van der Waals surface area (Å²) in [6.07, 6.45) is 0.775. The maximum Gasteiger partial charge on any atom is 0.150 e. The molecule has 6 heteroatoms. The zero-order valence-corrected chi connectivity index (χ0v) is 12.2. The maximum absolute atomic E-state index is 6.43. The van der Waals surface area contributed by atoms with E-state index in [0.717, 1.165) is 6.42 Å². The Labute approximate surface area is 116 Å². The average Bonchev–Trinajstić information content (AvgIpc) is 2.39. The van der Waals surface area contributed by atoms with Gasteiger partial charge >= 0.3 is 0 Å². The third-order valence-electron chi connectivity index (χ3n) is 3.03. The highest BCUT2D eigenvalue weighted by atomic mass is 79.9. The van der Waals surface area contributed by atoms with Crippen LogP contribution in [0.1, 0.15) is 6.42 Å². The second-order valence-corrected chi connectivity index (χ2v) is 7.05. The third-order valence-corrected chi connectivity index (χ3v) is 7.07. The molecule has 0 amide bonds. The zero-order valence-electron chi connectivity index (χ0n) is 6.84. The lowest BCUT2D eigenvalue weighted by Crippen LogP contribution is -2.40. The van der Waals surface area contributed by atoms with E-state index in [0.29, 0.717) is 15.4 Å². The van der Waals surface area contributed by atoms with E-state index in [2.05, 4.69) is 15.9 Å². The van der Waals surface area contributed by atoms with Gasteiger partial charge in [-0.2, -0.15) is 0 Å². The van der Waals surface area contributed by atoms with Gasteiger partial charge in [0.2, 0.25) is 0 Å². The Morgan fingerprint density at radius 1 is 1.29 bits per heavy atom. The number of rotatable bonds is 1. The Morgan fingerprint density at radius 3 is 2.21 bits per heavy atom. The van der Waals surface area contributed by atoms with Gasteiger partial charge in [0.1, 0.15) is 9.21 Å². The topological polar surface area (TPSA) is 0 Å². The molecule has 3 atom stereocenters. The van der Waals surface area contributed by atoms with Crippen molar-refractivity contribution in [3.8, 4) is 0 Å². The SMILES string of the molecule is ClC1=C(Cl)C2(Cl)C(CBr)CC1C2(Cl)Cl. The van der Waals surface area contributed by atoms with Gasteiger partial charge in [-0.15, -0.1) is 11.6 Å². The van der Waals surface area contributed by atoms with Crippen molar-refractivity contribution in [3.63, 3.8) is 0 Å². The van der Waals surface area contributed by atoms with Crippen LogP contribution < -0.4 is 0 Å². The Kier molecular flexibility index (Phi) is 3.10. The predicted molar refractivity (Wildman–Crippen MR) is 67.1 cm³/mol. The lowest BCUT2D eigenvalue weighted by molar-refractivity contribution is 0.519. The van der Waals surface area contributed by atoms with Crippen LogP contribution in [0.5, 0.6) is 0 Å². The molecule has 2 aliphatic carbocycles. The molecule has 0 nitrogen and oxygen atoms in total. The lowest BCUT2D eigenvalue weighted by atomic mass is 9.94. The molecule has 0 N–H and O–H groups in total. The molecule has 0 aromatic carbocycles. The van der Waals surface area contributed by atoms with Crippen molar-refractivity contribution < 1.29 is 0 Å². The number of halogens is 6. The first-order valence-corrected chi connectivity index (χ1v) is 7.06. The van der Waals surface area contributed by atoms with Crippen LogP contribution in [-0.4, -0.2) is 14.5 Å². The van der Waals surface area contributed by atoms with Crippen LogP contribution in [0.25, 0.3) is 0 Å². The van der Waals surface area contributed by atoms with Gasteiger partial charge in [0.05, 0.1) is 5.03 Å². The molecular weight excluding hydrogens is 353 g/mol. The highest BCUT2D eigenvalue weighted by molar-refractivity contribution is 9.09. The minimum atomic E-state index is -1.08. The van der Waals surface area contributed by atoms with E-state index in [1.807, 2.05) is 0 Å². The highest BCUT2D eigenvalue weighted by Gasteiger charge is 2.70. The molecule has 1 fully saturated rings. The molecule has 0 saturated heterocycles. The largest absolute Gasteiger partial charge is 0.150 e. The van der Waals surface area contributed by atoms with Crippen LogP contribution in [0.15, 0.2) is 10.1 Å². The number of hydrogen-bond donors (Lipinski definition) is 0. The summed E-state index contributed by atoms with van der Waals surface area (Å²) in [5, 5.41) is 1.64. The van der Waals surface area contributed by atoms with Crippen molar-refractivity contribution in [1.29, 1.82) is 0 Å². The Balaban J connectivity index is 2.54. The van der Waals surface area contributed by atoms with E-state index in [9.17, 15) is 0 Å². The van der Waals surface area contributed by atoms with E-state index < -0.39 is 9.21 Å². The van der Waals surface area contributed by atoms with E-state index in [4.69, 9.17) is 58.0 Å². The van der Waals surface area contributed by atoms with Crippen LogP contribution in [-0.2, 0) is 0 Å². The van der Waals surface area contributed by atoms with Gasteiger partial charge in [0.15, 0.2) is 0 Å². The van der Waals surface area contributed by atoms with Gasteiger partial charge in [-0.3, -0.25) is 0 Å². The maximum atomic E-state index is 6.43. The summed E-state index contributed by atoms with van der Waals surface area (Å²) in [5.41, 5.74) is 0. The van der Waals surface area contributed by atoms with E-state index >= 15 is 0 Å². The van der Waals surface area contributed by atoms with E-state index in [1.54, 1.807) is 0 Å². The summed E-state index contributed by atoms with van der Waals surface area (Å²) in [5.74, 6) is -0.0146. The molecule has 2 bridgehead atoms. The summed E-state index contributed by atoms with van der Waals surface area (Å²) >= 11 is 34.4. The van der Waals surface area contributed by atoms with Crippen molar-refractivity contribution in [3.05, 3.63) is 10.1 Å². The summed E-state index contributed by atoms with van der Waals surface area (Å²) < 4.78 is -1.08. The first-order valence-electron chi connectivity index (χ1n) is 4.05. The Hall–Kier alpha value is 1.67. The van der Waals surface area contributed by atoms with Crippen molar-refractivity contribution >= 4 is 73.9 Å². The van der Waals surface area contributed by atoms with Crippen LogP contribution in [0.4, 0.5) is 0 Å². The quantitative estimate of drug-likeness (QED) is 0.586. The average molecular weight is 359 g/mol. The van der Waals surface area contributed by atoms with E-state index in [-0.39, 0.29) is 11.8 Å². The zero-order chi connectivity index (χ0) is 10.7. The van der Waals surface area contributed by atoms with Crippen molar-refractivity contribution in [2.45, 2.75) is 15.6 Å². The van der Waals surface area contributed by atoms with Crippen LogP contribution in [0, 0.1) is 11.8 Å². The fourth-order valence-corrected chi connectivity index (χ4v) is 5.53. The Bertz CT molecular complexity index is 313. The molecule has 0 heterocycles. The Morgan fingerprint density at radius 2 is 1.86 bits per heavy atom. The summed E-state index contributed by atoms with van der Waals surface area (Å²) in [6, 6.07) is 0. The molecule has 1 saturated carbocycles. The lowest BCUT2D eigenvalue weighted by Gasteiger charge is -2.32. The number of fused-ring (bicyclic) bond motifs is 2. The molecular formula is C8H6BrCl5. The van der Waals surface area contributed by atoms with Crippen LogP contribution >= 0.6 is 73.9 Å². The standard InChI is InChI=1S/C8H6BrCl5/c9-2-3-1-4-5(10)6(11)7(3,12)8(4,13)14/h3-4H,1-2H2. The second-order valence-electron chi connectivity index (χ2n) is 3.64. The molecule has 0 aromatic rings. The molecule has 2 aliphatic rings. The van der Waals surface area contributed by atoms with Crippen molar-refractivity contribution in [2.75, 3.05) is 5.33 Å². The smallest absolute Gasteiger partial charge is 0.109 e. The van der Waals surface area contributed by atoms with Gasteiger partial charge in [-0.25, -0.2) is 0 Å². The van der Waals surface area contributed by atoms with E-state index in [1.165, 1.54) is 0 Å². The molecule has 0 spiro atoms. The second kappa shape index (κ2) is 3.58. The van der Waals surface area contributed by atoms with Gasteiger partial charge in [0.25, 0.3) is 0 Å². The van der Waals surface area contributed by atoms with Gasteiger partial charge in [-0.05, 0) is 12.3 Å². The van der Waals surface area contributed by atoms with Gasteiger partial charge in [-0.1, -0.05) is 62.3 Å². The molecule has 2 rings (SSSR count). The van der Waals surface area contributed by atoms with Gasteiger partial charge < -0.3 is 0 Å².